The monoisotopic (exact) mass is 563 g/mol. The van der Waals surface area contributed by atoms with Crippen LogP contribution in [0.1, 0.15) is 48.7 Å². The normalized spacial score (nSPS) is 13.5. The van der Waals surface area contributed by atoms with Crippen LogP contribution in [0.4, 0.5) is 5.82 Å². The summed E-state index contributed by atoms with van der Waals surface area (Å²) in [6.07, 6.45) is 0.634. The van der Waals surface area contributed by atoms with Gasteiger partial charge in [0, 0.05) is 35.2 Å². The third-order valence-corrected chi connectivity index (χ3v) is 6.90. The average Bonchev–Trinajstić information content (AvgIpc) is 3.27. The summed E-state index contributed by atoms with van der Waals surface area (Å²) in [6, 6.07) is 23.2. The Balaban J connectivity index is 0.000000189. The van der Waals surface area contributed by atoms with Crippen LogP contribution in [0, 0.1) is 0 Å². The molecule has 208 valence electrons. The lowest BCUT2D eigenvalue weighted by molar-refractivity contribution is 0.0222. The minimum Gasteiger partial charge on any atom is -0.508 e. The summed E-state index contributed by atoms with van der Waals surface area (Å²) in [5.74, 6) is -1.31. The number of esters is 1. The number of carboxylic acids is 1. The van der Waals surface area contributed by atoms with E-state index in [2.05, 4.69) is 20.6 Å². The number of nitrogen functional groups attached to an aromatic ring is 1. The molecular formula is C30H21N5O7. The Hall–Kier alpha value is -6.04. The van der Waals surface area contributed by atoms with Gasteiger partial charge in [-0.2, -0.15) is 0 Å². The topological polar surface area (TPSA) is 191 Å². The van der Waals surface area contributed by atoms with Gasteiger partial charge >= 0.3 is 11.9 Å². The fourth-order valence-electron chi connectivity index (χ4n) is 5.09. The second kappa shape index (κ2) is 10.2. The SMILES string of the molecule is Nc1nnnnc1Cc1ccccc1.O=C(O)c1cccc2c1C(=O)OC21c2ccc(O)cc2Oc2cc(O)ccc21. The van der Waals surface area contributed by atoms with Gasteiger partial charge in [0.2, 0.25) is 0 Å². The standard InChI is InChI=1S/C21H12O7.C9H9N5/c22-10-4-6-13-16(8-10)27-17-9-11(23)5-7-14(17)21(13)15-3-1-2-12(19(24)25)18(15)20(26)28-21;10-9-8(11-13-14-12-9)6-7-4-2-1-3-5-7/h1-9,22-23H,(H,24,25);1-5H,6H2,(H2,10,12,13). The summed E-state index contributed by atoms with van der Waals surface area (Å²) in [5, 5.41) is 43.5. The zero-order valence-corrected chi connectivity index (χ0v) is 21.6. The first-order valence-electron chi connectivity index (χ1n) is 12.6. The minimum absolute atomic E-state index is 0.0325. The van der Waals surface area contributed by atoms with Crippen molar-refractivity contribution in [3.05, 3.63) is 124 Å². The second-order valence-electron chi connectivity index (χ2n) is 9.44. The molecule has 0 atom stereocenters. The molecule has 5 aromatic rings. The Bertz CT molecular complexity index is 1810. The second-order valence-corrected chi connectivity index (χ2v) is 9.44. The largest absolute Gasteiger partial charge is 0.508 e. The van der Waals surface area contributed by atoms with Gasteiger partial charge in [0.25, 0.3) is 0 Å². The summed E-state index contributed by atoms with van der Waals surface area (Å²) >= 11 is 0. The Kier molecular flexibility index (Phi) is 6.34. The summed E-state index contributed by atoms with van der Waals surface area (Å²) < 4.78 is 11.7. The number of hydrogen-bond donors (Lipinski definition) is 4. The van der Waals surface area contributed by atoms with Crippen LogP contribution < -0.4 is 10.5 Å². The number of benzene rings is 4. The molecule has 4 aromatic carbocycles. The number of aromatic carboxylic acids is 1. The van der Waals surface area contributed by atoms with Crippen molar-refractivity contribution in [2.24, 2.45) is 0 Å². The fraction of sp³-hybridized carbons (Fsp3) is 0.0667. The third-order valence-electron chi connectivity index (χ3n) is 6.90. The highest BCUT2D eigenvalue weighted by atomic mass is 16.6. The number of nitrogens with zero attached hydrogens (tertiary/aromatic N) is 4. The molecule has 0 saturated heterocycles. The van der Waals surface area contributed by atoms with E-state index in [-0.39, 0.29) is 34.1 Å². The van der Waals surface area contributed by atoms with E-state index in [1.807, 2.05) is 30.3 Å². The first kappa shape index (κ1) is 26.2. The van der Waals surface area contributed by atoms with Gasteiger partial charge in [-0.1, -0.05) is 42.5 Å². The highest BCUT2D eigenvalue weighted by Gasteiger charge is 2.54. The summed E-state index contributed by atoms with van der Waals surface area (Å²) in [5.41, 5.74) is 6.97. The Morgan fingerprint density at radius 3 is 2.07 bits per heavy atom. The molecule has 0 amide bonds. The zero-order chi connectivity index (χ0) is 29.4. The van der Waals surface area contributed by atoms with Crippen molar-refractivity contribution < 1.29 is 34.4 Å². The van der Waals surface area contributed by atoms with E-state index in [0.29, 0.717) is 34.6 Å². The van der Waals surface area contributed by atoms with Crippen molar-refractivity contribution in [2.45, 2.75) is 12.0 Å². The summed E-state index contributed by atoms with van der Waals surface area (Å²) in [7, 11) is 0. The van der Waals surface area contributed by atoms with Gasteiger partial charge in [-0.05, 0) is 46.3 Å². The molecule has 0 saturated carbocycles. The van der Waals surface area contributed by atoms with Crippen LogP contribution in [0.5, 0.6) is 23.0 Å². The Morgan fingerprint density at radius 2 is 1.45 bits per heavy atom. The summed E-state index contributed by atoms with van der Waals surface area (Å²) in [6.45, 7) is 0. The van der Waals surface area contributed by atoms with E-state index < -0.39 is 17.5 Å². The van der Waals surface area contributed by atoms with Gasteiger partial charge < -0.3 is 30.5 Å². The van der Waals surface area contributed by atoms with Crippen LogP contribution in [0.15, 0.2) is 84.9 Å². The summed E-state index contributed by atoms with van der Waals surface area (Å²) in [4.78, 5) is 24.5. The van der Waals surface area contributed by atoms with Gasteiger partial charge in [0.1, 0.15) is 28.7 Å². The van der Waals surface area contributed by atoms with Crippen LogP contribution in [-0.4, -0.2) is 47.9 Å². The first-order valence-corrected chi connectivity index (χ1v) is 12.6. The Morgan fingerprint density at radius 1 is 0.810 bits per heavy atom. The van der Waals surface area contributed by atoms with Crippen molar-refractivity contribution in [3.63, 3.8) is 0 Å². The number of anilines is 1. The first-order chi connectivity index (χ1) is 20.3. The number of aromatic nitrogens is 4. The quantitative estimate of drug-likeness (QED) is 0.233. The molecule has 0 unspecified atom stereocenters. The average molecular weight is 564 g/mol. The van der Waals surface area contributed by atoms with Gasteiger partial charge in [-0.25, -0.2) is 9.59 Å². The molecular weight excluding hydrogens is 542 g/mol. The minimum atomic E-state index is -1.46. The molecule has 7 rings (SSSR count). The molecule has 1 aromatic heterocycles. The number of aromatic hydroxyl groups is 2. The van der Waals surface area contributed by atoms with Crippen LogP contribution in [-0.2, 0) is 16.8 Å². The van der Waals surface area contributed by atoms with Crippen molar-refractivity contribution in [1.29, 1.82) is 0 Å². The van der Waals surface area contributed by atoms with Crippen molar-refractivity contribution >= 4 is 17.8 Å². The predicted molar refractivity (Wildman–Crippen MR) is 146 cm³/mol. The van der Waals surface area contributed by atoms with E-state index >= 15 is 0 Å². The van der Waals surface area contributed by atoms with Gasteiger partial charge in [-0.3, -0.25) is 0 Å². The van der Waals surface area contributed by atoms with E-state index in [9.17, 15) is 24.9 Å². The molecule has 3 heterocycles. The number of nitrogens with two attached hydrogens (primary N) is 1. The number of rotatable bonds is 3. The van der Waals surface area contributed by atoms with Gasteiger partial charge in [0.05, 0.1) is 11.1 Å². The molecule has 2 aliphatic heterocycles. The molecule has 5 N–H and O–H groups in total. The van der Waals surface area contributed by atoms with Crippen molar-refractivity contribution in [2.75, 3.05) is 5.73 Å². The van der Waals surface area contributed by atoms with E-state index in [1.165, 1.54) is 30.3 Å². The van der Waals surface area contributed by atoms with Crippen LogP contribution in [0.3, 0.4) is 0 Å². The van der Waals surface area contributed by atoms with E-state index in [0.717, 1.165) is 5.56 Å². The number of carbonyl (C=O) groups excluding carboxylic acids is 1. The molecule has 0 radical (unpaired) electrons. The molecule has 12 nitrogen and oxygen atoms in total. The highest BCUT2D eigenvalue weighted by molar-refractivity contribution is 6.06. The number of fused-ring (bicyclic) bond motifs is 6. The van der Waals surface area contributed by atoms with E-state index in [4.69, 9.17) is 15.2 Å². The highest BCUT2D eigenvalue weighted by Crippen LogP contribution is 2.57. The molecule has 0 fully saturated rings. The maximum absolute atomic E-state index is 12.8. The lowest BCUT2D eigenvalue weighted by Gasteiger charge is -2.36. The molecule has 12 heteroatoms. The number of phenolic OH excluding ortho intramolecular Hbond substituents is 2. The van der Waals surface area contributed by atoms with E-state index in [1.54, 1.807) is 24.3 Å². The maximum atomic E-state index is 12.8. The lowest BCUT2D eigenvalue weighted by atomic mass is 9.77. The number of phenols is 2. The molecule has 2 aliphatic rings. The molecule has 1 spiro atoms. The Labute approximate surface area is 237 Å². The zero-order valence-electron chi connectivity index (χ0n) is 21.6. The van der Waals surface area contributed by atoms with Crippen LogP contribution in [0.2, 0.25) is 0 Å². The van der Waals surface area contributed by atoms with Gasteiger partial charge in [0.15, 0.2) is 11.4 Å². The molecule has 42 heavy (non-hydrogen) atoms. The van der Waals surface area contributed by atoms with Crippen molar-refractivity contribution in [1.82, 2.24) is 20.6 Å². The van der Waals surface area contributed by atoms with Crippen LogP contribution in [0.25, 0.3) is 0 Å². The van der Waals surface area contributed by atoms with Gasteiger partial charge in [-0.15, -0.1) is 10.2 Å². The smallest absolute Gasteiger partial charge is 0.341 e. The predicted octanol–water partition coefficient (Wildman–Crippen LogP) is 3.80. The molecule has 0 aliphatic carbocycles. The third kappa shape index (κ3) is 4.36. The number of carbonyl (C=O) groups is 2. The lowest BCUT2D eigenvalue weighted by Crippen LogP contribution is -2.32. The molecule has 0 bridgehead atoms. The van der Waals surface area contributed by atoms with Crippen LogP contribution >= 0.6 is 0 Å². The van der Waals surface area contributed by atoms with Crippen molar-refractivity contribution in [3.8, 4) is 23.0 Å². The fourth-order valence-corrected chi connectivity index (χ4v) is 5.09. The number of carboxylic acid groups (broad SMARTS) is 1. The number of hydrogen-bond acceptors (Lipinski definition) is 11. The maximum Gasteiger partial charge on any atom is 0.341 e. The number of ether oxygens (including phenoxy) is 2.